The zero-order valence-electron chi connectivity index (χ0n) is 2.19. The number of halogens is 2. The SMILES string of the molecule is O=CN(Br)Br. The molecule has 0 aromatic rings. The van der Waals surface area contributed by atoms with Crippen LogP contribution in [0.2, 0.25) is 0 Å². The Kier molecular flexibility index (Phi) is 2.88. The molecule has 0 N–H and O–H groups in total. The molecular formula is CHBr2NO. The maximum absolute atomic E-state index is 9.34. The van der Waals surface area contributed by atoms with Gasteiger partial charge in [0, 0.05) is 0 Å². The molecule has 0 unspecified atom stereocenters. The second-order valence-corrected chi connectivity index (χ2v) is 2.84. The van der Waals surface area contributed by atoms with E-state index in [1.54, 1.807) is 0 Å². The molecule has 2 nitrogen and oxygen atoms in total. The van der Waals surface area contributed by atoms with Crippen molar-refractivity contribution in [3.8, 4) is 0 Å². The molecule has 30 valence electrons. The summed E-state index contributed by atoms with van der Waals surface area (Å²) in [6.07, 6.45) is 0.583. The Morgan fingerprint density at radius 3 is 1.80 bits per heavy atom. The quantitative estimate of drug-likeness (QED) is 0.460. The minimum atomic E-state index is 0.583. The monoisotopic (exact) mass is 201 g/mol. The molecule has 4 heteroatoms. The summed E-state index contributed by atoms with van der Waals surface area (Å²) >= 11 is 5.51. The fourth-order valence-corrected chi connectivity index (χ4v) is 0. The van der Waals surface area contributed by atoms with Crippen molar-refractivity contribution in [3.63, 3.8) is 0 Å². The van der Waals surface area contributed by atoms with Gasteiger partial charge < -0.3 is 0 Å². The highest BCUT2D eigenvalue weighted by Crippen LogP contribution is 1.97. The van der Waals surface area contributed by atoms with Crippen LogP contribution in [0.4, 0.5) is 0 Å². The van der Waals surface area contributed by atoms with E-state index in [1.807, 2.05) is 0 Å². The van der Waals surface area contributed by atoms with Gasteiger partial charge in [-0.3, -0.25) is 4.79 Å². The van der Waals surface area contributed by atoms with E-state index in [9.17, 15) is 4.79 Å². The average molecular weight is 203 g/mol. The molecule has 0 fully saturated rings. The lowest BCUT2D eigenvalue weighted by molar-refractivity contribution is -0.110. The van der Waals surface area contributed by atoms with Gasteiger partial charge in [-0.15, -0.1) is 0 Å². The van der Waals surface area contributed by atoms with Crippen LogP contribution in [0.1, 0.15) is 0 Å². The number of hydrogen-bond donors (Lipinski definition) is 0. The number of amides is 1. The van der Waals surface area contributed by atoms with Crippen LogP contribution in [-0.4, -0.2) is 9.36 Å². The molecule has 0 rings (SSSR count). The topological polar surface area (TPSA) is 20.3 Å². The van der Waals surface area contributed by atoms with E-state index in [2.05, 4.69) is 32.3 Å². The van der Waals surface area contributed by atoms with E-state index in [1.165, 1.54) is 0 Å². The third-order valence-corrected chi connectivity index (χ3v) is 0.414. The van der Waals surface area contributed by atoms with E-state index in [-0.39, 0.29) is 0 Å². The molecule has 0 spiro atoms. The predicted molar refractivity (Wildman–Crippen MR) is 25.8 cm³/mol. The highest BCUT2D eigenvalue weighted by molar-refractivity contribution is 9.21. The highest BCUT2D eigenvalue weighted by Gasteiger charge is 1.76. The van der Waals surface area contributed by atoms with Crippen molar-refractivity contribution in [2.75, 3.05) is 0 Å². The average Bonchev–Trinajstić information content (AvgIpc) is 1.38. The second-order valence-electron chi connectivity index (χ2n) is 0.364. The van der Waals surface area contributed by atoms with Crippen LogP contribution >= 0.6 is 32.3 Å². The van der Waals surface area contributed by atoms with Crippen LogP contribution < -0.4 is 0 Å². The summed E-state index contributed by atoms with van der Waals surface area (Å²) in [6.45, 7) is 0. The first kappa shape index (κ1) is 5.43. The molecular weight excluding hydrogens is 202 g/mol. The Hall–Kier alpha value is 0.430. The van der Waals surface area contributed by atoms with Crippen LogP contribution in [0, 0.1) is 0 Å². The molecule has 0 aliphatic carbocycles. The van der Waals surface area contributed by atoms with Gasteiger partial charge in [-0.05, 0) is 0 Å². The minimum Gasteiger partial charge on any atom is -0.277 e. The number of rotatable bonds is 1. The van der Waals surface area contributed by atoms with Crippen LogP contribution in [0.25, 0.3) is 0 Å². The molecule has 0 atom stereocenters. The fraction of sp³-hybridized carbons (Fsp3) is 0. The molecule has 1 amide bonds. The van der Waals surface area contributed by atoms with Gasteiger partial charge in [0.05, 0.1) is 32.3 Å². The molecule has 0 aromatic heterocycles. The maximum atomic E-state index is 9.34. The van der Waals surface area contributed by atoms with Gasteiger partial charge in [0.15, 0.2) is 0 Å². The van der Waals surface area contributed by atoms with Crippen molar-refractivity contribution in [2.45, 2.75) is 0 Å². The van der Waals surface area contributed by atoms with Crippen LogP contribution in [-0.2, 0) is 4.79 Å². The van der Waals surface area contributed by atoms with Gasteiger partial charge in [0.2, 0.25) is 6.41 Å². The summed E-state index contributed by atoms with van der Waals surface area (Å²) in [4.78, 5) is 9.34. The van der Waals surface area contributed by atoms with Crippen molar-refractivity contribution in [3.05, 3.63) is 0 Å². The summed E-state index contributed by atoms with van der Waals surface area (Å²) in [6, 6.07) is 0. The standard InChI is InChI=1S/CHBr2NO/c2-4(3)1-5/h1H. The van der Waals surface area contributed by atoms with E-state index in [0.29, 0.717) is 6.41 Å². The summed E-state index contributed by atoms with van der Waals surface area (Å²) in [7, 11) is 0. The molecule has 0 heterocycles. The first-order valence-corrected chi connectivity index (χ1v) is 2.25. The van der Waals surface area contributed by atoms with Crippen LogP contribution in [0.15, 0.2) is 0 Å². The predicted octanol–water partition coefficient (Wildman–Crippen LogP) is 1.06. The Labute approximate surface area is 46.8 Å². The number of carbonyl (C=O) groups excluding carboxylic acids is 1. The molecule has 0 aromatic carbocycles. The van der Waals surface area contributed by atoms with E-state index in [4.69, 9.17) is 0 Å². The first-order valence-electron chi connectivity index (χ1n) is 0.832. The fourth-order valence-electron chi connectivity index (χ4n) is 0. The van der Waals surface area contributed by atoms with Crippen molar-refractivity contribution in [1.29, 1.82) is 0 Å². The molecule has 0 bridgehead atoms. The second kappa shape index (κ2) is 2.66. The van der Waals surface area contributed by atoms with Gasteiger partial charge in [-0.25, -0.2) is 2.95 Å². The Balaban J connectivity index is 2.83. The molecule has 0 aliphatic rings. The van der Waals surface area contributed by atoms with Crippen molar-refractivity contribution >= 4 is 38.7 Å². The van der Waals surface area contributed by atoms with E-state index < -0.39 is 0 Å². The van der Waals surface area contributed by atoms with Gasteiger partial charge in [-0.2, -0.15) is 0 Å². The van der Waals surface area contributed by atoms with Crippen LogP contribution in [0.3, 0.4) is 0 Å². The van der Waals surface area contributed by atoms with Crippen molar-refractivity contribution < 1.29 is 4.79 Å². The van der Waals surface area contributed by atoms with Crippen molar-refractivity contribution in [2.24, 2.45) is 0 Å². The Morgan fingerprint density at radius 1 is 1.60 bits per heavy atom. The summed E-state index contributed by atoms with van der Waals surface area (Å²) in [5.74, 6) is 0. The zero-order valence-corrected chi connectivity index (χ0v) is 5.36. The first-order chi connectivity index (χ1) is 2.27. The Bertz CT molecular complexity index is 36.6. The number of nitrogens with zero attached hydrogens (tertiary/aromatic N) is 1. The van der Waals surface area contributed by atoms with Crippen LogP contribution in [0.5, 0.6) is 0 Å². The highest BCUT2D eigenvalue weighted by atomic mass is 79.9. The lowest BCUT2D eigenvalue weighted by Gasteiger charge is -1.84. The Morgan fingerprint density at radius 2 is 1.80 bits per heavy atom. The number of carbonyl (C=O) groups is 1. The summed E-state index contributed by atoms with van der Waals surface area (Å²) < 4.78 is 1.07. The zero-order chi connectivity index (χ0) is 4.28. The van der Waals surface area contributed by atoms with Gasteiger partial charge in [0.1, 0.15) is 0 Å². The van der Waals surface area contributed by atoms with Gasteiger partial charge in [-0.1, -0.05) is 0 Å². The van der Waals surface area contributed by atoms with Gasteiger partial charge in [0.25, 0.3) is 0 Å². The maximum Gasteiger partial charge on any atom is 0.229 e. The van der Waals surface area contributed by atoms with E-state index >= 15 is 0 Å². The number of hydrogen-bond acceptors (Lipinski definition) is 1. The molecule has 0 saturated heterocycles. The smallest absolute Gasteiger partial charge is 0.229 e. The third kappa shape index (κ3) is 4.43. The normalized spacial score (nSPS) is 6.80. The minimum absolute atomic E-state index is 0.583. The summed E-state index contributed by atoms with van der Waals surface area (Å²) in [5.41, 5.74) is 0. The lowest BCUT2D eigenvalue weighted by atomic mass is 11.5. The van der Waals surface area contributed by atoms with E-state index in [0.717, 1.165) is 2.95 Å². The van der Waals surface area contributed by atoms with Crippen molar-refractivity contribution in [1.82, 2.24) is 2.95 Å². The van der Waals surface area contributed by atoms with Gasteiger partial charge >= 0.3 is 0 Å². The summed E-state index contributed by atoms with van der Waals surface area (Å²) in [5, 5.41) is 0. The molecule has 0 saturated carbocycles. The third-order valence-electron chi connectivity index (χ3n) is 0.0797. The molecule has 0 aliphatic heterocycles. The lowest BCUT2D eigenvalue weighted by Crippen LogP contribution is -1.85. The molecule has 5 heavy (non-hydrogen) atoms. The largest absolute Gasteiger partial charge is 0.277 e. The molecule has 0 radical (unpaired) electrons.